The van der Waals surface area contributed by atoms with E-state index in [1.165, 1.54) is 24.5 Å². The number of piperidine rings is 1. The topological polar surface area (TPSA) is 129 Å². The Morgan fingerprint density at radius 2 is 1.97 bits per heavy atom. The Morgan fingerprint density at radius 3 is 2.65 bits per heavy atom. The van der Waals surface area contributed by atoms with E-state index >= 15 is 0 Å². The molecule has 1 saturated heterocycles. The summed E-state index contributed by atoms with van der Waals surface area (Å²) in [7, 11) is 0. The number of hydrogen-bond donors (Lipinski definition) is 4. The average Bonchev–Trinajstić information content (AvgIpc) is 3.31. The minimum absolute atomic E-state index is 0.0345. The van der Waals surface area contributed by atoms with E-state index in [0.717, 1.165) is 25.1 Å². The first-order chi connectivity index (χ1) is 17.7. The second-order valence-corrected chi connectivity index (χ2v) is 9.39. The molecule has 9 nitrogen and oxygen atoms in total. The zero-order valence-corrected chi connectivity index (χ0v) is 20.6. The summed E-state index contributed by atoms with van der Waals surface area (Å²) in [5.41, 5.74) is 4.95. The maximum Gasteiger partial charge on any atom is 0.257 e. The van der Waals surface area contributed by atoms with E-state index in [1.54, 1.807) is 12.1 Å². The summed E-state index contributed by atoms with van der Waals surface area (Å²) in [6.45, 7) is 1.84. The Labute approximate surface area is 217 Å². The molecule has 12 heteroatoms. The number of primary amides is 1. The fourth-order valence-corrected chi connectivity index (χ4v) is 4.84. The fourth-order valence-electron chi connectivity index (χ4n) is 4.58. The molecule has 2 heterocycles. The Hall–Kier alpha value is -3.57. The van der Waals surface area contributed by atoms with Crippen LogP contribution in [0.3, 0.4) is 0 Å². The molecule has 0 aromatic heterocycles. The second-order valence-electron chi connectivity index (χ2n) is 8.98. The van der Waals surface area contributed by atoms with Crippen LogP contribution >= 0.6 is 11.6 Å². The summed E-state index contributed by atoms with van der Waals surface area (Å²) in [5, 5.41) is 8.22. The molecule has 1 fully saturated rings. The smallest absolute Gasteiger partial charge is 0.257 e. The van der Waals surface area contributed by atoms with Gasteiger partial charge in [0.15, 0.2) is 11.6 Å². The summed E-state index contributed by atoms with van der Waals surface area (Å²) in [5.74, 6) is -2.42. The maximum absolute atomic E-state index is 13.6. The van der Waals surface area contributed by atoms with Gasteiger partial charge >= 0.3 is 0 Å². The van der Waals surface area contributed by atoms with Crippen molar-refractivity contribution in [1.82, 2.24) is 15.5 Å². The SMILES string of the molecule is NC(=O)C1(c2ccc(NC(=O)c3ccc(F)cc3Cl)cc2)NC=NC1C(=O)NCCN1CCC[C@H](F)C1. The summed E-state index contributed by atoms with van der Waals surface area (Å²) in [4.78, 5) is 44.3. The molecule has 4 rings (SSSR count). The number of carbonyl (C=O) groups is 3. The van der Waals surface area contributed by atoms with Crippen LogP contribution in [0.2, 0.25) is 5.02 Å². The maximum atomic E-state index is 13.6. The third-order valence-corrected chi connectivity index (χ3v) is 6.82. The lowest BCUT2D eigenvalue weighted by Crippen LogP contribution is -2.60. The van der Waals surface area contributed by atoms with Crippen molar-refractivity contribution in [3.63, 3.8) is 0 Å². The number of nitrogens with one attached hydrogen (secondary N) is 3. The molecule has 2 aliphatic rings. The van der Waals surface area contributed by atoms with E-state index in [1.807, 2.05) is 4.90 Å². The van der Waals surface area contributed by atoms with Gasteiger partial charge in [-0.3, -0.25) is 24.3 Å². The molecule has 3 atom stereocenters. The van der Waals surface area contributed by atoms with Crippen LogP contribution in [-0.2, 0) is 15.1 Å². The van der Waals surface area contributed by atoms with Crippen molar-refractivity contribution < 1.29 is 23.2 Å². The number of nitrogens with zero attached hydrogens (tertiary/aromatic N) is 2. The predicted molar refractivity (Wildman–Crippen MR) is 136 cm³/mol. The van der Waals surface area contributed by atoms with Gasteiger partial charge in [-0.2, -0.15) is 0 Å². The highest BCUT2D eigenvalue weighted by Gasteiger charge is 2.52. The normalized spacial score (nSPS) is 23.3. The van der Waals surface area contributed by atoms with Gasteiger partial charge in [-0.1, -0.05) is 23.7 Å². The third-order valence-electron chi connectivity index (χ3n) is 6.51. The summed E-state index contributed by atoms with van der Waals surface area (Å²) in [6, 6.07) is 8.43. The van der Waals surface area contributed by atoms with Crippen molar-refractivity contribution in [2.75, 3.05) is 31.5 Å². The number of amides is 3. The molecule has 37 heavy (non-hydrogen) atoms. The molecule has 196 valence electrons. The van der Waals surface area contributed by atoms with Gasteiger partial charge in [0.1, 0.15) is 12.0 Å². The van der Waals surface area contributed by atoms with Gasteiger partial charge in [-0.15, -0.1) is 0 Å². The van der Waals surface area contributed by atoms with Crippen molar-refractivity contribution >= 4 is 41.3 Å². The van der Waals surface area contributed by atoms with Crippen LogP contribution < -0.4 is 21.7 Å². The van der Waals surface area contributed by atoms with Crippen molar-refractivity contribution in [1.29, 1.82) is 0 Å². The highest BCUT2D eigenvalue weighted by Crippen LogP contribution is 2.31. The third kappa shape index (κ3) is 5.72. The number of hydrogen-bond acceptors (Lipinski definition) is 6. The lowest BCUT2D eigenvalue weighted by molar-refractivity contribution is -0.131. The van der Waals surface area contributed by atoms with Crippen molar-refractivity contribution in [3.05, 3.63) is 64.4 Å². The van der Waals surface area contributed by atoms with Crippen LogP contribution in [0.5, 0.6) is 0 Å². The monoisotopic (exact) mass is 532 g/mol. The molecule has 0 saturated carbocycles. The van der Waals surface area contributed by atoms with E-state index in [9.17, 15) is 23.2 Å². The summed E-state index contributed by atoms with van der Waals surface area (Å²) < 4.78 is 26.9. The molecule has 0 radical (unpaired) electrons. The molecule has 2 unspecified atom stereocenters. The predicted octanol–water partition coefficient (Wildman–Crippen LogP) is 1.96. The van der Waals surface area contributed by atoms with Crippen LogP contribution in [-0.4, -0.2) is 67.4 Å². The van der Waals surface area contributed by atoms with Gasteiger partial charge in [0.2, 0.25) is 5.91 Å². The van der Waals surface area contributed by atoms with Gasteiger partial charge in [0.25, 0.3) is 11.8 Å². The van der Waals surface area contributed by atoms with Gasteiger partial charge < -0.3 is 21.7 Å². The van der Waals surface area contributed by atoms with Crippen molar-refractivity contribution in [2.45, 2.75) is 30.6 Å². The van der Waals surface area contributed by atoms with Crippen LogP contribution in [0.25, 0.3) is 0 Å². The minimum atomic E-state index is -1.64. The van der Waals surface area contributed by atoms with Gasteiger partial charge in [0, 0.05) is 25.3 Å². The largest absolute Gasteiger partial charge is 0.367 e. The second kappa shape index (κ2) is 11.2. The number of anilines is 1. The van der Waals surface area contributed by atoms with Crippen LogP contribution in [0.1, 0.15) is 28.8 Å². The Balaban J connectivity index is 1.44. The van der Waals surface area contributed by atoms with Gasteiger partial charge in [-0.05, 0) is 55.3 Å². The van der Waals surface area contributed by atoms with Crippen molar-refractivity contribution in [2.24, 2.45) is 10.7 Å². The van der Waals surface area contributed by atoms with E-state index in [4.69, 9.17) is 17.3 Å². The molecule has 2 aromatic carbocycles. The fraction of sp³-hybridized carbons (Fsp3) is 0.360. The molecular formula is C25H27ClF2N6O3. The molecule has 0 spiro atoms. The number of aliphatic imine (C=N–C) groups is 1. The Bertz CT molecular complexity index is 1210. The summed E-state index contributed by atoms with van der Waals surface area (Å²) >= 11 is 5.96. The molecule has 5 N–H and O–H groups in total. The van der Waals surface area contributed by atoms with Crippen LogP contribution in [0, 0.1) is 5.82 Å². The molecule has 2 aliphatic heterocycles. The number of nitrogens with two attached hydrogens (primary N) is 1. The molecule has 0 bridgehead atoms. The number of rotatable bonds is 8. The zero-order valence-electron chi connectivity index (χ0n) is 19.8. The van der Waals surface area contributed by atoms with E-state index in [-0.39, 0.29) is 17.1 Å². The zero-order chi connectivity index (χ0) is 26.6. The van der Waals surface area contributed by atoms with Crippen LogP contribution in [0.15, 0.2) is 47.5 Å². The van der Waals surface area contributed by atoms with Gasteiger partial charge in [-0.25, -0.2) is 8.78 Å². The number of halogens is 3. The highest BCUT2D eigenvalue weighted by atomic mass is 35.5. The highest BCUT2D eigenvalue weighted by molar-refractivity contribution is 6.34. The lowest BCUT2D eigenvalue weighted by atomic mass is 9.82. The number of benzene rings is 2. The standard InChI is InChI=1S/C25H27ClF2N6O3/c26-20-12-16(27)5-8-19(20)22(35)33-18-6-3-15(4-7-18)25(24(29)37)21(31-14-32-25)23(36)30-9-11-34-10-1-2-17(28)13-34/h3-8,12,14,17,21H,1-2,9-11,13H2,(H2,29,37)(H,30,36)(H,31,32)(H,33,35)/t17-,21?,25?/m0/s1. The average molecular weight is 533 g/mol. The minimum Gasteiger partial charge on any atom is -0.367 e. The quantitative estimate of drug-likeness (QED) is 0.413. The Kier molecular flexibility index (Phi) is 8.03. The first-order valence-corrected chi connectivity index (χ1v) is 12.2. The van der Waals surface area contributed by atoms with Crippen LogP contribution in [0.4, 0.5) is 14.5 Å². The number of likely N-dealkylation sites (tertiary alicyclic amines) is 1. The molecule has 0 aliphatic carbocycles. The molecule has 3 amide bonds. The van der Waals surface area contributed by atoms with Crippen molar-refractivity contribution in [3.8, 4) is 0 Å². The first-order valence-electron chi connectivity index (χ1n) is 11.8. The lowest BCUT2D eigenvalue weighted by Gasteiger charge is -2.32. The first kappa shape index (κ1) is 26.5. The van der Waals surface area contributed by atoms with E-state index in [2.05, 4.69) is 20.9 Å². The Morgan fingerprint density at radius 1 is 1.22 bits per heavy atom. The van der Waals surface area contributed by atoms with E-state index < -0.39 is 41.3 Å². The van der Waals surface area contributed by atoms with Gasteiger partial charge in [0.05, 0.1) is 16.9 Å². The summed E-state index contributed by atoms with van der Waals surface area (Å²) in [6.07, 6.45) is 1.72. The number of carbonyl (C=O) groups excluding carboxylic acids is 3. The number of alkyl halides is 1. The molecule has 2 aromatic rings. The van der Waals surface area contributed by atoms with E-state index in [0.29, 0.717) is 30.8 Å². The molecular weight excluding hydrogens is 506 g/mol.